The van der Waals surface area contributed by atoms with Crippen molar-refractivity contribution in [3.8, 4) is 10.6 Å². The predicted octanol–water partition coefficient (Wildman–Crippen LogP) is 3.40. The largest absolute Gasteiger partial charge is 0.311 e. The third kappa shape index (κ3) is 2.99. The summed E-state index contributed by atoms with van der Waals surface area (Å²) in [5.74, 6) is 0.845. The Kier molecular flexibility index (Phi) is 3.86. The summed E-state index contributed by atoms with van der Waals surface area (Å²) in [5.41, 5.74) is 1.03. The second kappa shape index (κ2) is 5.61. The molecule has 0 saturated carbocycles. The maximum Gasteiger partial charge on any atom is 0.305 e. The van der Waals surface area contributed by atoms with Gasteiger partial charge in [0.15, 0.2) is 0 Å². The zero-order valence-corrected chi connectivity index (χ0v) is 12.6. The van der Waals surface area contributed by atoms with Crippen molar-refractivity contribution in [2.75, 3.05) is 13.1 Å². The quantitative estimate of drug-likeness (QED) is 0.942. The van der Waals surface area contributed by atoms with E-state index in [0.717, 1.165) is 31.2 Å². The number of hydrogen-bond donors (Lipinski definition) is 1. The first-order valence-electron chi connectivity index (χ1n) is 6.70. The highest BCUT2D eigenvalue weighted by atomic mass is 32.1. The molecule has 1 saturated heterocycles. The Bertz CT molecular complexity index is 577. The van der Waals surface area contributed by atoms with Crippen LogP contribution in [0.25, 0.3) is 10.6 Å². The van der Waals surface area contributed by atoms with Gasteiger partial charge in [-0.05, 0) is 43.3 Å². The lowest BCUT2D eigenvalue weighted by Crippen LogP contribution is -2.32. The normalized spacial score (nSPS) is 17.9. The SMILES string of the molecule is CC1CCN(Cc2sc(=O)[nH]c2-c2cccs2)CC1. The highest BCUT2D eigenvalue weighted by molar-refractivity contribution is 7.14. The van der Waals surface area contributed by atoms with E-state index >= 15 is 0 Å². The van der Waals surface area contributed by atoms with Crippen molar-refractivity contribution in [3.05, 3.63) is 32.1 Å². The van der Waals surface area contributed by atoms with Crippen LogP contribution in [0.3, 0.4) is 0 Å². The van der Waals surface area contributed by atoms with Crippen molar-refractivity contribution in [2.24, 2.45) is 5.92 Å². The lowest BCUT2D eigenvalue weighted by molar-refractivity contribution is 0.187. The van der Waals surface area contributed by atoms with Crippen LogP contribution >= 0.6 is 22.7 Å². The van der Waals surface area contributed by atoms with Gasteiger partial charge in [-0.3, -0.25) is 9.69 Å². The van der Waals surface area contributed by atoms with Gasteiger partial charge in [0.1, 0.15) is 0 Å². The molecule has 19 heavy (non-hydrogen) atoms. The highest BCUT2D eigenvalue weighted by Gasteiger charge is 2.19. The number of thiazole rings is 1. The molecule has 0 aliphatic carbocycles. The van der Waals surface area contributed by atoms with Crippen LogP contribution < -0.4 is 4.87 Å². The number of nitrogens with one attached hydrogen (secondary N) is 1. The van der Waals surface area contributed by atoms with Gasteiger partial charge in [0.05, 0.1) is 10.6 Å². The molecular weight excluding hydrogens is 276 g/mol. The third-order valence-electron chi connectivity index (χ3n) is 3.73. The van der Waals surface area contributed by atoms with Gasteiger partial charge >= 0.3 is 4.87 Å². The van der Waals surface area contributed by atoms with E-state index in [4.69, 9.17) is 0 Å². The molecule has 3 heterocycles. The van der Waals surface area contributed by atoms with Crippen molar-refractivity contribution < 1.29 is 0 Å². The minimum atomic E-state index is 0.0591. The second-order valence-electron chi connectivity index (χ2n) is 5.25. The molecule has 5 heteroatoms. The van der Waals surface area contributed by atoms with Crippen molar-refractivity contribution >= 4 is 22.7 Å². The molecule has 1 N–H and O–H groups in total. The Balaban J connectivity index is 1.79. The van der Waals surface area contributed by atoms with E-state index in [0.29, 0.717) is 0 Å². The number of rotatable bonds is 3. The fourth-order valence-corrected chi connectivity index (χ4v) is 4.22. The van der Waals surface area contributed by atoms with Crippen LogP contribution in [0.15, 0.2) is 22.3 Å². The zero-order chi connectivity index (χ0) is 13.2. The second-order valence-corrected chi connectivity index (χ2v) is 7.26. The average Bonchev–Trinajstić information content (AvgIpc) is 3.01. The number of hydrogen-bond acceptors (Lipinski definition) is 4. The number of H-pyrrole nitrogens is 1. The maximum absolute atomic E-state index is 11.6. The van der Waals surface area contributed by atoms with E-state index in [-0.39, 0.29) is 4.87 Å². The summed E-state index contributed by atoms with van der Waals surface area (Å²) in [6.07, 6.45) is 2.54. The number of nitrogens with zero attached hydrogens (tertiary/aromatic N) is 1. The van der Waals surface area contributed by atoms with E-state index in [2.05, 4.69) is 28.3 Å². The van der Waals surface area contributed by atoms with E-state index in [9.17, 15) is 4.79 Å². The van der Waals surface area contributed by atoms with Crippen LogP contribution in [0.2, 0.25) is 0 Å². The highest BCUT2D eigenvalue weighted by Crippen LogP contribution is 2.29. The van der Waals surface area contributed by atoms with Crippen LogP contribution in [-0.2, 0) is 6.54 Å². The van der Waals surface area contributed by atoms with Crippen LogP contribution in [0, 0.1) is 5.92 Å². The van der Waals surface area contributed by atoms with Gasteiger partial charge in [-0.2, -0.15) is 0 Å². The predicted molar refractivity (Wildman–Crippen MR) is 81.9 cm³/mol. The van der Waals surface area contributed by atoms with E-state index in [1.807, 2.05) is 6.07 Å². The van der Waals surface area contributed by atoms with E-state index < -0.39 is 0 Å². The van der Waals surface area contributed by atoms with E-state index in [1.54, 1.807) is 11.3 Å². The summed E-state index contributed by atoms with van der Waals surface area (Å²) in [7, 11) is 0. The van der Waals surface area contributed by atoms with Gasteiger partial charge < -0.3 is 4.98 Å². The number of aromatic nitrogens is 1. The number of piperidine rings is 1. The smallest absolute Gasteiger partial charge is 0.305 e. The molecule has 0 bridgehead atoms. The average molecular weight is 294 g/mol. The molecule has 0 spiro atoms. The van der Waals surface area contributed by atoms with Gasteiger partial charge in [-0.25, -0.2) is 0 Å². The van der Waals surface area contributed by atoms with Gasteiger partial charge in [-0.15, -0.1) is 11.3 Å². The summed E-state index contributed by atoms with van der Waals surface area (Å²) in [4.78, 5) is 19.5. The van der Waals surface area contributed by atoms with Gasteiger partial charge in [0.25, 0.3) is 0 Å². The topological polar surface area (TPSA) is 36.1 Å². The Morgan fingerprint density at radius 1 is 1.42 bits per heavy atom. The number of aromatic amines is 1. The van der Waals surface area contributed by atoms with Crippen LogP contribution in [0.1, 0.15) is 24.6 Å². The Morgan fingerprint density at radius 3 is 2.89 bits per heavy atom. The monoisotopic (exact) mass is 294 g/mol. The van der Waals surface area contributed by atoms with Crippen molar-refractivity contribution in [2.45, 2.75) is 26.3 Å². The fraction of sp³-hybridized carbons (Fsp3) is 0.500. The fourth-order valence-electron chi connectivity index (χ4n) is 2.51. The van der Waals surface area contributed by atoms with Crippen LogP contribution in [0.5, 0.6) is 0 Å². The molecule has 0 atom stereocenters. The zero-order valence-electron chi connectivity index (χ0n) is 11.0. The molecule has 0 aromatic carbocycles. The molecule has 1 fully saturated rings. The summed E-state index contributed by atoms with van der Waals surface area (Å²) in [6, 6.07) is 4.10. The summed E-state index contributed by atoms with van der Waals surface area (Å²) in [6.45, 7) is 5.53. The summed E-state index contributed by atoms with van der Waals surface area (Å²) >= 11 is 3.04. The molecule has 102 valence electrons. The molecular formula is C14H18N2OS2. The Morgan fingerprint density at radius 2 is 2.21 bits per heavy atom. The third-order valence-corrected chi connectivity index (χ3v) is 5.49. The lowest BCUT2D eigenvalue weighted by Gasteiger charge is -2.29. The van der Waals surface area contributed by atoms with Crippen LogP contribution in [0.4, 0.5) is 0 Å². The van der Waals surface area contributed by atoms with Crippen LogP contribution in [-0.4, -0.2) is 23.0 Å². The molecule has 3 nitrogen and oxygen atoms in total. The molecule has 0 unspecified atom stereocenters. The minimum Gasteiger partial charge on any atom is -0.311 e. The molecule has 3 rings (SSSR count). The Hall–Kier alpha value is -0.910. The molecule has 2 aromatic heterocycles. The Labute approximate surface area is 120 Å². The standard InChI is InChI=1S/C14H18N2OS2/c1-10-4-6-16(7-5-10)9-12-13(15-14(17)19-12)11-3-2-8-18-11/h2-3,8,10H,4-7,9H2,1H3,(H,15,17). The van der Waals surface area contributed by atoms with Gasteiger partial charge in [0.2, 0.25) is 0 Å². The maximum atomic E-state index is 11.6. The number of thiophene rings is 1. The van der Waals surface area contributed by atoms with Crippen molar-refractivity contribution in [3.63, 3.8) is 0 Å². The van der Waals surface area contributed by atoms with Gasteiger partial charge in [-0.1, -0.05) is 24.3 Å². The lowest BCUT2D eigenvalue weighted by atomic mass is 9.99. The van der Waals surface area contributed by atoms with E-state index in [1.165, 1.54) is 33.9 Å². The van der Waals surface area contributed by atoms with Gasteiger partial charge in [0, 0.05) is 11.4 Å². The van der Waals surface area contributed by atoms with Crippen molar-refractivity contribution in [1.82, 2.24) is 9.88 Å². The molecule has 1 aliphatic heterocycles. The molecule has 0 amide bonds. The summed E-state index contributed by atoms with van der Waals surface area (Å²) < 4.78 is 0. The molecule has 1 aliphatic rings. The molecule has 2 aromatic rings. The summed E-state index contributed by atoms with van der Waals surface area (Å²) in [5, 5.41) is 2.05. The first kappa shape index (κ1) is 13.1. The first-order chi connectivity index (χ1) is 9.22. The molecule has 0 radical (unpaired) electrons. The first-order valence-corrected chi connectivity index (χ1v) is 8.40. The number of likely N-dealkylation sites (tertiary alicyclic amines) is 1. The minimum absolute atomic E-state index is 0.0591. The van der Waals surface area contributed by atoms with Crippen molar-refractivity contribution in [1.29, 1.82) is 0 Å².